The molecule has 1 fully saturated rings. The van der Waals surface area contributed by atoms with E-state index < -0.39 is 36.1 Å². The largest absolute Gasteiger partial charge is 0.497 e. The summed E-state index contributed by atoms with van der Waals surface area (Å²) in [5.41, 5.74) is 13.5. The van der Waals surface area contributed by atoms with Crippen LogP contribution in [-0.4, -0.2) is 74.1 Å². The number of hydrogen-bond acceptors (Lipinski definition) is 13. The van der Waals surface area contributed by atoms with Crippen LogP contribution in [0.4, 0.5) is 15.3 Å². The van der Waals surface area contributed by atoms with E-state index in [0.29, 0.717) is 29.4 Å². The normalized spacial score (nSPS) is 17.8. The molecule has 2 aliphatic rings. The predicted molar refractivity (Wildman–Crippen MR) is 174 cm³/mol. The van der Waals surface area contributed by atoms with E-state index >= 15 is 0 Å². The third-order valence-electron chi connectivity index (χ3n) is 7.40. The van der Waals surface area contributed by atoms with Crippen molar-refractivity contribution in [1.82, 2.24) is 24.8 Å². The van der Waals surface area contributed by atoms with Crippen LogP contribution < -0.4 is 26.1 Å². The molecular formula is C30H29FN9O6S2+. The number of thiazole rings is 1. The molecule has 0 radical (unpaired) electrons. The molecule has 2 aliphatic heterocycles. The Kier molecular flexibility index (Phi) is 9.53. The molecule has 2 atom stereocenters. The van der Waals surface area contributed by atoms with E-state index in [1.54, 1.807) is 54.2 Å². The number of ether oxygens (including phenoxy) is 2. The Balaban J connectivity index is 1.24. The molecule has 0 aliphatic carbocycles. The Bertz CT molecular complexity index is 1960. The van der Waals surface area contributed by atoms with Crippen LogP contribution in [0.15, 0.2) is 82.7 Å². The number of amides is 2. The van der Waals surface area contributed by atoms with Gasteiger partial charge in [-0.3, -0.25) is 14.5 Å². The van der Waals surface area contributed by atoms with E-state index in [1.807, 2.05) is 22.9 Å². The molecule has 5 heterocycles. The van der Waals surface area contributed by atoms with Gasteiger partial charge in [0.25, 0.3) is 18.7 Å². The second kappa shape index (κ2) is 14.1. The van der Waals surface area contributed by atoms with Crippen LogP contribution in [0, 0.1) is 0 Å². The van der Waals surface area contributed by atoms with Crippen LogP contribution in [-0.2, 0) is 37.1 Å². The topological polar surface area (TPSA) is 193 Å². The Labute approximate surface area is 280 Å². The van der Waals surface area contributed by atoms with Crippen molar-refractivity contribution in [3.05, 3.63) is 88.9 Å². The number of hydrogen-bond donors (Lipinski definition) is 3. The molecule has 15 nitrogen and oxygen atoms in total. The van der Waals surface area contributed by atoms with E-state index in [-0.39, 0.29) is 28.8 Å². The van der Waals surface area contributed by atoms with Gasteiger partial charge in [-0.25, -0.2) is 18.7 Å². The molecule has 4 aromatic rings. The van der Waals surface area contributed by atoms with E-state index in [0.717, 1.165) is 22.5 Å². The van der Waals surface area contributed by atoms with Crippen molar-refractivity contribution in [3.63, 3.8) is 0 Å². The number of carbonyl (C=O) groups excluding carboxylic acids is 3. The molecule has 248 valence electrons. The first-order valence-electron chi connectivity index (χ1n) is 14.3. The van der Waals surface area contributed by atoms with E-state index in [4.69, 9.17) is 20.9 Å². The van der Waals surface area contributed by atoms with Gasteiger partial charge >= 0.3 is 11.6 Å². The van der Waals surface area contributed by atoms with Crippen LogP contribution >= 0.6 is 23.1 Å². The summed E-state index contributed by atoms with van der Waals surface area (Å²) >= 11 is 2.41. The second-order valence-corrected chi connectivity index (χ2v) is 12.3. The van der Waals surface area contributed by atoms with Gasteiger partial charge in [-0.05, 0) is 29.3 Å². The third kappa shape index (κ3) is 6.52. The first-order chi connectivity index (χ1) is 23.3. The number of allylic oxidation sites excluding steroid dienone is 2. The van der Waals surface area contributed by atoms with Crippen molar-refractivity contribution in [2.45, 2.75) is 24.6 Å². The molecule has 1 saturated heterocycles. The first-order valence-corrected chi connectivity index (χ1v) is 16.3. The highest BCUT2D eigenvalue weighted by atomic mass is 32.2. The lowest BCUT2D eigenvalue weighted by atomic mass is 10.0. The molecule has 6 rings (SSSR count). The summed E-state index contributed by atoms with van der Waals surface area (Å²) in [7, 11) is 1.55. The van der Waals surface area contributed by atoms with Gasteiger partial charge in [0.15, 0.2) is 10.8 Å². The molecule has 2 amide bonds. The van der Waals surface area contributed by atoms with Gasteiger partial charge in [-0.1, -0.05) is 33.0 Å². The molecule has 48 heavy (non-hydrogen) atoms. The number of thioether (sulfide) groups is 1. The number of halogens is 1. The number of nitrogens with two attached hydrogens (primary N) is 2. The second-order valence-electron chi connectivity index (χ2n) is 10.3. The smallest absolute Gasteiger partial charge is 0.355 e. The zero-order valence-electron chi connectivity index (χ0n) is 25.3. The van der Waals surface area contributed by atoms with Crippen molar-refractivity contribution in [3.8, 4) is 5.75 Å². The first kappa shape index (κ1) is 32.5. The maximum absolute atomic E-state index is 13.6. The molecule has 1 aromatic carbocycles. The Hall–Kier alpha value is -5.49. The van der Waals surface area contributed by atoms with Crippen molar-refractivity contribution in [2.24, 2.45) is 5.16 Å². The number of anilines is 2. The van der Waals surface area contributed by atoms with Gasteiger partial charge in [0.2, 0.25) is 5.82 Å². The summed E-state index contributed by atoms with van der Waals surface area (Å²) in [6, 6.07) is 9.56. The molecular weight excluding hydrogens is 666 g/mol. The average Bonchev–Trinajstić information content (AvgIpc) is 3.77. The van der Waals surface area contributed by atoms with Crippen molar-refractivity contribution in [1.29, 1.82) is 0 Å². The van der Waals surface area contributed by atoms with Gasteiger partial charge < -0.3 is 31.1 Å². The fraction of sp³-hybridized carbons (Fsp3) is 0.233. The molecule has 3 aromatic heterocycles. The zero-order chi connectivity index (χ0) is 33.8. The number of nitrogen functional groups attached to an aromatic ring is 2. The number of nitrogens with one attached hydrogen (secondary N) is 1. The molecule has 18 heteroatoms. The molecule has 0 unspecified atom stereocenters. The summed E-state index contributed by atoms with van der Waals surface area (Å²) in [6.45, 7) is -0.911. The number of fused-ring (bicyclic) bond motifs is 2. The summed E-state index contributed by atoms with van der Waals surface area (Å²) in [5.74, 6) is -0.604. The number of alkyl halides is 1. The average molecular weight is 695 g/mol. The monoisotopic (exact) mass is 694 g/mol. The highest BCUT2D eigenvalue weighted by molar-refractivity contribution is 8.00. The van der Waals surface area contributed by atoms with Crippen molar-refractivity contribution < 1.29 is 37.7 Å². The van der Waals surface area contributed by atoms with Gasteiger partial charge in [-0.2, -0.15) is 0 Å². The summed E-state index contributed by atoms with van der Waals surface area (Å²) in [6.07, 6.45) is 7.09. The zero-order valence-corrected chi connectivity index (χ0v) is 26.9. The highest BCUT2D eigenvalue weighted by Crippen LogP contribution is 2.41. The number of methoxy groups -OCH3 is 1. The summed E-state index contributed by atoms with van der Waals surface area (Å²) in [4.78, 5) is 50.2. The van der Waals surface area contributed by atoms with Crippen LogP contribution in [0.3, 0.4) is 0 Å². The van der Waals surface area contributed by atoms with E-state index in [9.17, 15) is 18.8 Å². The Morgan fingerprint density at radius 1 is 1.23 bits per heavy atom. The van der Waals surface area contributed by atoms with Gasteiger partial charge in [-0.15, -0.1) is 23.1 Å². The highest BCUT2D eigenvalue weighted by Gasteiger charge is 2.54. The fourth-order valence-electron chi connectivity index (χ4n) is 5.09. The van der Waals surface area contributed by atoms with Crippen LogP contribution in [0.5, 0.6) is 5.75 Å². The maximum Gasteiger partial charge on any atom is 0.355 e. The third-order valence-corrected chi connectivity index (χ3v) is 9.38. The van der Waals surface area contributed by atoms with E-state index in [2.05, 4.69) is 25.4 Å². The van der Waals surface area contributed by atoms with Gasteiger partial charge in [0.05, 0.1) is 25.6 Å². The lowest BCUT2D eigenvalue weighted by Crippen LogP contribution is -2.71. The molecule has 0 bridgehead atoms. The number of nitrogens with zero attached hydrogens (tertiary/aromatic N) is 6. The van der Waals surface area contributed by atoms with E-state index in [1.165, 1.54) is 22.0 Å². The maximum atomic E-state index is 13.6. The van der Waals surface area contributed by atoms with Gasteiger partial charge in [0, 0.05) is 17.2 Å². The summed E-state index contributed by atoms with van der Waals surface area (Å²) in [5, 5.41) is 11.4. The lowest BCUT2D eigenvalue weighted by Gasteiger charge is -2.49. The van der Waals surface area contributed by atoms with Crippen LogP contribution in [0.25, 0.3) is 5.65 Å². The molecule has 5 N–H and O–H groups in total. The van der Waals surface area contributed by atoms with Crippen LogP contribution in [0.2, 0.25) is 0 Å². The Morgan fingerprint density at radius 3 is 2.77 bits per heavy atom. The predicted octanol–water partition coefficient (Wildman–Crippen LogP) is 1.55. The Morgan fingerprint density at radius 2 is 2.04 bits per heavy atom. The standard InChI is InChI=1S/C30H28FN9O6S2/c1-44-19-6-4-17(5-7-19)13-45-29(43)25-18(3-2-11-38-12-9-21(32)40-22(38)8-10-34-40)14-47-28-24(27(42)39(25)28)36-26(41)23(37-46-16-31)20-15-48-30(33)35-20/h2-10,12,15,24,28,32H,11,13-14,16H2,1H3,(H3,33,35,36,41)/p+1/b3-2+,37-23?/t24-,28+/m1/s1. The SMILES string of the molecule is COc1ccc(COC(=O)C2=C(/C=C/C[n+]3ccc(N)n4nccc43)CS[C@H]3[C@H](NC(=O)C(=NOCF)c4csc(N)n4)C(=O)N23)cc1. The molecule has 0 spiro atoms. The minimum atomic E-state index is -1.28. The number of oxime groups is 1. The quantitative estimate of drug-likeness (QED) is 0.0641. The summed E-state index contributed by atoms with van der Waals surface area (Å²) < 4.78 is 27.1. The number of benzene rings is 1. The lowest BCUT2D eigenvalue weighted by molar-refractivity contribution is -0.664. The van der Waals surface area contributed by atoms with Crippen LogP contribution in [0.1, 0.15) is 11.3 Å². The number of β-lactam (4-membered cyclic amide) rings is 1. The molecule has 0 saturated carbocycles. The minimum Gasteiger partial charge on any atom is -0.497 e. The number of rotatable bonds is 12. The minimum absolute atomic E-state index is 0.0466. The number of carbonyl (C=O) groups is 3. The number of esters is 1. The van der Waals surface area contributed by atoms with Crippen molar-refractivity contribution in [2.75, 3.05) is 31.2 Å². The fourth-order valence-corrected chi connectivity index (χ4v) is 6.95. The number of aromatic nitrogens is 4. The van der Waals surface area contributed by atoms with Crippen molar-refractivity contribution >= 4 is 63.2 Å². The van der Waals surface area contributed by atoms with Gasteiger partial charge in [0.1, 0.15) is 41.7 Å².